The van der Waals surface area contributed by atoms with E-state index in [4.69, 9.17) is 0 Å². The van der Waals surface area contributed by atoms with Gasteiger partial charge in [-0.3, -0.25) is 0 Å². The van der Waals surface area contributed by atoms with E-state index in [1.54, 1.807) is 0 Å². The molecule has 0 saturated heterocycles. The topological polar surface area (TPSA) is 0 Å². The van der Waals surface area contributed by atoms with Crippen molar-refractivity contribution in [2.24, 2.45) is 11.8 Å². The van der Waals surface area contributed by atoms with E-state index < -0.39 is 0 Å². The fourth-order valence-corrected chi connectivity index (χ4v) is 1.90. The van der Waals surface area contributed by atoms with E-state index in [-0.39, 0.29) is 0 Å². The predicted octanol–water partition coefficient (Wildman–Crippen LogP) is 5.83. The molecule has 0 aliphatic heterocycles. The van der Waals surface area contributed by atoms with Crippen molar-refractivity contribution in [2.45, 2.75) is 79.1 Å². The number of rotatable bonds is 11. The summed E-state index contributed by atoms with van der Waals surface area (Å²) >= 11 is 0. The monoisotopic (exact) mass is 224 g/mol. The zero-order valence-electron chi connectivity index (χ0n) is 12.0. The van der Waals surface area contributed by atoms with E-state index in [9.17, 15) is 0 Å². The van der Waals surface area contributed by atoms with E-state index in [1.165, 1.54) is 51.4 Å². The first-order valence-electron chi connectivity index (χ1n) is 7.29. The number of hydrogen-bond donors (Lipinski definition) is 0. The maximum atomic E-state index is 2.44. The third-order valence-corrected chi connectivity index (χ3v) is 2.93. The van der Waals surface area contributed by atoms with Crippen molar-refractivity contribution in [1.82, 2.24) is 0 Å². The summed E-state index contributed by atoms with van der Waals surface area (Å²) in [5, 5.41) is 0. The lowest BCUT2D eigenvalue weighted by atomic mass is 10.0. The van der Waals surface area contributed by atoms with Crippen LogP contribution in [0, 0.1) is 24.7 Å². The highest BCUT2D eigenvalue weighted by atomic mass is 14.0. The van der Waals surface area contributed by atoms with Gasteiger partial charge >= 0.3 is 0 Å². The normalized spacial score (nSPS) is 11.6. The van der Waals surface area contributed by atoms with Gasteiger partial charge in [0.05, 0.1) is 0 Å². The Morgan fingerprint density at radius 2 is 0.875 bits per heavy atom. The highest BCUT2D eigenvalue weighted by molar-refractivity contribution is 4.69. The fraction of sp³-hybridized carbons (Fsp3) is 0.875. The van der Waals surface area contributed by atoms with Crippen LogP contribution in [0.15, 0.2) is 0 Å². The van der Waals surface area contributed by atoms with Crippen molar-refractivity contribution in [2.75, 3.05) is 0 Å². The first-order chi connectivity index (χ1) is 7.63. The Morgan fingerprint density at radius 1 is 0.562 bits per heavy atom. The highest BCUT2D eigenvalue weighted by Crippen LogP contribution is 2.13. The molecule has 0 rings (SSSR count). The lowest BCUT2D eigenvalue weighted by molar-refractivity contribution is 0.566. The van der Waals surface area contributed by atoms with Crippen LogP contribution < -0.4 is 0 Å². The van der Waals surface area contributed by atoms with Crippen molar-refractivity contribution < 1.29 is 0 Å². The van der Waals surface area contributed by atoms with Gasteiger partial charge in [-0.2, -0.15) is 0 Å². The van der Waals surface area contributed by atoms with Crippen LogP contribution in [-0.4, -0.2) is 0 Å². The molecule has 96 valence electrons. The average Bonchev–Trinajstić information content (AvgIpc) is 2.20. The summed E-state index contributed by atoms with van der Waals surface area (Å²) in [6, 6.07) is 0. The lowest BCUT2D eigenvalue weighted by Gasteiger charge is -2.05. The van der Waals surface area contributed by atoms with Crippen LogP contribution >= 0.6 is 0 Å². The summed E-state index contributed by atoms with van der Waals surface area (Å²) < 4.78 is 0. The molecule has 0 unspecified atom stereocenters. The smallest absolute Gasteiger partial charge is 0.0360 e. The van der Waals surface area contributed by atoms with Crippen LogP contribution in [0.25, 0.3) is 0 Å². The van der Waals surface area contributed by atoms with Gasteiger partial charge in [-0.05, 0) is 37.5 Å². The maximum absolute atomic E-state index is 2.44. The van der Waals surface area contributed by atoms with Gasteiger partial charge in [0.2, 0.25) is 0 Å². The third kappa shape index (κ3) is 14.0. The van der Waals surface area contributed by atoms with Crippen molar-refractivity contribution in [1.29, 1.82) is 0 Å². The first-order valence-corrected chi connectivity index (χ1v) is 7.29. The number of unbranched alkanes of at least 4 members (excludes halogenated alkanes) is 7. The quantitative estimate of drug-likeness (QED) is 0.387. The minimum absolute atomic E-state index is 0.770. The summed E-state index contributed by atoms with van der Waals surface area (Å²) in [5.41, 5.74) is 0. The van der Waals surface area contributed by atoms with Gasteiger partial charge in [0.25, 0.3) is 0 Å². The van der Waals surface area contributed by atoms with Gasteiger partial charge < -0.3 is 0 Å². The van der Waals surface area contributed by atoms with Gasteiger partial charge in [0.1, 0.15) is 0 Å². The molecule has 2 radical (unpaired) electrons. The molecule has 0 heterocycles. The van der Waals surface area contributed by atoms with Crippen LogP contribution in [-0.2, 0) is 0 Å². The summed E-state index contributed by atoms with van der Waals surface area (Å²) in [6.07, 6.45) is 16.1. The van der Waals surface area contributed by atoms with Crippen molar-refractivity contribution in [3.8, 4) is 0 Å². The van der Waals surface area contributed by atoms with Gasteiger partial charge in [-0.1, -0.05) is 66.2 Å². The van der Waals surface area contributed by atoms with E-state index >= 15 is 0 Å². The molecule has 0 saturated carbocycles. The Labute approximate surface area is 104 Å². The molecule has 0 aromatic heterocycles. The second kappa shape index (κ2) is 11.5. The van der Waals surface area contributed by atoms with Gasteiger partial charge in [-0.25, -0.2) is 0 Å². The molecular formula is C16H32. The molecule has 0 aromatic carbocycles. The van der Waals surface area contributed by atoms with Crippen LogP contribution in [0.5, 0.6) is 0 Å². The van der Waals surface area contributed by atoms with Crippen LogP contribution in [0.2, 0.25) is 0 Å². The molecule has 0 fully saturated rings. The molecule has 0 N–H and O–H groups in total. The van der Waals surface area contributed by atoms with Crippen LogP contribution in [0.4, 0.5) is 0 Å². The highest BCUT2D eigenvalue weighted by Gasteiger charge is 1.96. The molecule has 0 nitrogen and oxygen atoms in total. The second-order valence-corrected chi connectivity index (χ2v) is 5.66. The Morgan fingerprint density at radius 3 is 1.19 bits per heavy atom. The van der Waals surface area contributed by atoms with Crippen LogP contribution in [0.3, 0.4) is 0 Å². The lowest BCUT2D eigenvalue weighted by Crippen LogP contribution is -1.89. The Balaban J connectivity index is 2.93. The largest absolute Gasteiger partial charge is 0.0625 e. The molecule has 16 heavy (non-hydrogen) atoms. The van der Waals surface area contributed by atoms with Crippen molar-refractivity contribution in [3.63, 3.8) is 0 Å². The van der Waals surface area contributed by atoms with Gasteiger partial charge in [0.15, 0.2) is 0 Å². The zero-order chi connectivity index (χ0) is 12.2. The zero-order valence-corrected chi connectivity index (χ0v) is 12.0. The second-order valence-electron chi connectivity index (χ2n) is 5.66. The third-order valence-electron chi connectivity index (χ3n) is 2.93. The van der Waals surface area contributed by atoms with E-state index in [2.05, 4.69) is 40.5 Å². The first kappa shape index (κ1) is 16.0. The SMILES string of the molecule is CC(C)[CH]CCCCCCCC[CH]C(C)C. The molecule has 0 aromatic rings. The Hall–Kier alpha value is 0. The molecule has 0 spiro atoms. The van der Waals surface area contributed by atoms with Gasteiger partial charge in [0, 0.05) is 0 Å². The van der Waals surface area contributed by atoms with Crippen molar-refractivity contribution in [3.05, 3.63) is 12.8 Å². The molecule has 0 aliphatic rings. The predicted molar refractivity (Wildman–Crippen MR) is 75.2 cm³/mol. The van der Waals surface area contributed by atoms with E-state index in [0.29, 0.717) is 0 Å². The maximum Gasteiger partial charge on any atom is -0.0360 e. The summed E-state index contributed by atoms with van der Waals surface area (Å²) in [6.45, 7) is 9.08. The standard InChI is InChI=1S/C16H32/c1-15(2)13-11-9-7-5-6-8-10-12-14-16(3)4/h13-16H,5-12H2,1-4H3. The molecule has 0 aliphatic carbocycles. The van der Waals surface area contributed by atoms with E-state index in [1.807, 2.05) is 0 Å². The summed E-state index contributed by atoms with van der Waals surface area (Å²) in [5.74, 6) is 1.54. The van der Waals surface area contributed by atoms with Crippen LogP contribution in [0.1, 0.15) is 79.1 Å². The number of hydrogen-bond acceptors (Lipinski definition) is 0. The van der Waals surface area contributed by atoms with Gasteiger partial charge in [-0.15, -0.1) is 0 Å². The molecular weight excluding hydrogens is 192 g/mol. The molecule has 0 atom stereocenters. The fourth-order valence-electron chi connectivity index (χ4n) is 1.90. The summed E-state index contributed by atoms with van der Waals surface area (Å²) in [7, 11) is 0. The van der Waals surface area contributed by atoms with Crippen molar-refractivity contribution >= 4 is 0 Å². The Bertz CT molecular complexity index is 108. The minimum atomic E-state index is 0.770. The molecule has 0 heteroatoms. The van der Waals surface area contributed by atoms with E-state index in [0.717, 1.165) is 11.8 Å². The average molecular weight is 224 g/mol. The Kier molecular flexibility index (Phi) is 11.5. The summed E-state index contributed by atoms with van der Waals surface area (Å²) in [4.78, 5) is 0. The molecule has 0 bridgehead atoms. The molecule has 0 amide bonds. The minimum Gasteiger partial charge on any atom is -0.0625 e.